The molecule has 0 atom stereocenters. The van der Waals surface area contributed by atoms with Crippen LogP contribution in [0.25, 0.3) is 123 Å². The SMILES string of the molecule is c1ccc(-c2ccc(-c3nc(-c4cccc(-c5ccccc5)c4)nc(-c4cc(-c5ccccc5)cc(-n5c6ccccc6c6cccc(-n7c8ccccc8c8ccccc87)c65)c4)n3)cc2)cc1. The number of benzene rings is 10. The van der Waals surface area contributed by atoms with Gasteiger partial charge in [0.25, 0.3) is 0 Å². The third kappa shape index (κ3) is 6.76. The fraction of sp³-hybridized carbons (Fsp3) is 0. The number of hydrogen-bond donors (Lipinski definition) is 0. The molecule has 68 heavy (non-hydrogen) atoms. The van der Waals surface area contributed by atoms with Crippen molar-refractivity contribution in [1.29, 1.82) is 0 Å². The summed E-state index contributed by atoms with van der Waals surface area (Å²) in [5.74, 6) is 1.80. The lowest BCUT2D eigenvalue weighted by Gasteiger charge is -2.17. The maximum Gasteiger partial charge on any atom is 0.164 e. The minimum Gasteiger partial charge on any atom is -0.307 e. The highest BCUT2D eigenvalue weighted by Crippen LogP contribution is 2.41. The minimum absolute atomic E-state index is 0.588. The summed E-state index contributed by atoms with van der Waals surface area (Å²) in [5, 5.41) is 4.80. The third-order valence-electron chi connectivity index (χ3n) is 13.1. The van der Waals surface area contributed by atoms with Crippen LogP contribution in [0.5, 0.6) is 0 Å². The van der Waals surface area contributed by atoms with E-state index in [2.05, 4.69) is 246 Å². The van der Waals surface area contributed by atoms with Crippen molar-refractivity contribution in [3.05, 3.63) is 249 Å². The molecule has 0 saturated carbocycles. The van der Waals surface area contributed by atoms with Crippen LogP contribution in [-0.4, -0.2) is 24.1 Å². The van der Waals surface area contributed by atoms with E-state index < -0.39 is 0 Å². The Morgan fingerprint density at radius 3 is 1.24 bits per heavy atom. The van der Waals surface area contributed by atoms with E-state index in [9.17, 15) is 0 Å². The average molecular weight is 868 g/mol. The lowest BCUT2D eigenvalue weighted by Crippen LogP contribution is -2.03. The first-order chi connectivity index (χ1) is 33.7. The summed E-state index contributed by atoms with van der Waals surface area (Å²) in [4.78, 5) is 16.0. The fourth-order valence-electron chi connectivity index (χ4n) is 9.97. The van der Waals surface area contributed by atoms with Gasteiger partial charge in [-0.15, -0.1) is 0 Å². The normalized spacial score (nSPS) is 11.5. The summed E-state index contributed by atoms with van der Waals surface area (Å²) < 4.78 is 4.87. The molecular weight excluding hydrogens is 827 g/mol. The molecule has 10 aromatic carbocycles. The molecule has 0 aliphatic rings. The van der Waals surface area contributed by atoms with Crippen LogP contribution in [0.1, 0.15) is 0 Å². The molecule has 3 heterocycles. The van der Waals surface area contributed by atoms with Gasteiger partial charge in [-0.3, -0.25) is 0 Å². The number of hydrogen-bond acceptors (Lipinski definition) is 3. The van der Waals surface area contributed by atoms with Crippen molar-refractivity contribution < 1.29 is 0 Å². The second-order valence-electron chi connectivity index (χ2n) is 17.2. The van der Waals surface area contributed by atoms with Gasteiger partial charge < -0.3 is 9.13 Å². The minimum atomic E-state index is 0.588. The molecule has 0 unspecified atom stereocenters. The summed E-state index contributed by atoms with van der Waals surface area (Å²) >= 11 is 0. The number of rotatable bonds is 8. The second-order valence-corrected chi connectivity index (χ2v) is 17.2. The third-order valence-corrected chi connectivity index (χ3v) is 13.1. The van der Waals surface area contributed by atoms with Crippen molar-refractivity contribution in [1.82, 2.24) is 24.1 Å². The summed E-state index contributed by atoms with van der Waals surface area (Å²) in [6, 6.07) is 88.2. The number of nitrogens with zero attached hydrogens (tertiary/aromatic N) is 5. The van der Waals surface area contributed by atoms with Gasteiger partial charge in [0, 0.05) is 43.9 Å². The monoisotopic (exact) mass is 867 g/mol. The number of aromatic nitrogens is 5. The van der Waals surface area contributed by atoms with Gasteiger partial charge in [0.15, 0.2) is 17.5 Å². The highest BCUT2D eigenvalue weighted by molar-refractivity contribution is 6.15. The van der Waals surface area contributed by atoms with E-state index in [1.807, 2.05) is 12.1 Å². The molecule has 13 rings (SSSR count). The molecule has 0 spiro atoms. The van der Waals surface area contributed by atoms with Crippen molar-refractivity contribution in [2.45, 2.75) is 0 Å². The van der Waals surface area contributed by atoms with Gasteiger partial charge in [-0.25, -0.2) is 15.0 Å². The zero-order valence-electron chi connectivity index (χ0n) is 36.9. The zero-order valence-corrected chi connectivity index (χ0v) is 36.9. The zero-order chi connectivity index (χ0) is 45.0. The van der Waals surface area contributed by atoms with Crippen LogP contribution >= 0.6 is 0 Å². The van der Waals surface area contributed by atoms with E-state index in [1.54, 1.807) is 0 Å². The maximum atomic E-state index is 5.37. The highest BCUT2D eigenvalue weighted by atomic mass is 15.1. The topological polar surface area (TPSA) is 48.5 Å². The van der Waals surface area contributed by atoms with Crippen molar-refractivity contribution in [2.24, 2.45) is 0 Å². The van der Waals surface area contributed by atoms with Crippen LogP contribution in [0.4, 0.5) is 0 Å². The molecule has 0 aliphatic carbocycles. The summed E-state index contributed by atoms with van der Waals surface area (Å²) in [7, 11) is 0. The number of para-hydroxylation sites is 4. The molecule has 0 radical (unpaired) electrons. The van der Waals surface area contributed by atoms with Crippen molar-refractivity contribution in [3.8, 4) is 78.9 Å². The second kappa shape index (κ2) is 16.4. The molecule has 3 aromatic heterocycles. The lowest BCUT2D eigenvalue weighted by molar-refractivity contribution is 1.07. The molecule has 13 aromatic rings. The molecule has 0 aliphatic heterocycles. The molecule has 318 valence electrons. The van der Waals surface area contributed by atoms with Gasteiger partial charge in [0.05, 0.1) is 27.8 Å². The summed E-state index contributed by atoms with van der Waals surface area (Å²) in [5.41, 5.74) is 16.0. The van der Waals surface area contributed by atoms with Crippen LogP contribution in [-0.2, 0) is 0 Å². The Hall–Kier alpha value is -9.19. The molecule has 5 nitrogen and oxygen atoms in total. The van der Waals surface area contributed by atoms with Gasteiger partial charge in [-0.2, -0.15) is 0 Å². The Labute approximate surface area is 393 Å². The predicted molar refractivity (Wildman–Crippen MR) is 281 cm³/mol. The average Bonchev–Trinajstić information content (AvgIpc) is 3.95. The Morgan fingerprint density at radius 1 is 0.235 bits per heavy atom. The summed E-state index contributed by atoms with van der Waals surface area (Å²) in [6.07, 6.45) is 0. The van der Waals surface area contributed by atoms with Crippen LogP contribution in [0, 0.1) is 0 Å². The van der Waals surface area contributed by atoms with Crippen LogP contribution in [0.2, 0.25) is 0 Å². The van der Waals surface area contributed by atoms with Crippen molar-refractivity contribution in [3.63, 3.8) is 0 Å². The van der Waals surface area contributed by atoms with E-state index in [4.69, 9.17) is 15.0 Å². The Kier molecular flexibility index (Phi) is 9.43. The van der Waals surface area contributed by atoms with Gasteiger partial charge in [0.2, 0.25) is 0 Å². The number of fused-ring (bicyclic) bond motifs is 6. The Bertz CT molecular complexity index is 3950. The van der Waals surface area contributed by atoms with Gasteiger partial charge in [-0.1, -0.05) is 200 Å². The van der Waals surface area contributed by atoms with Gasteiger partial charge in [-0.05, 0) is 81.9 Å². The molecular formula is C63H41N5. The molecule has 0 amide bonds. The van der Waals surface area contributed by atoms with E-state index >= 15 is 0 Å². The Morgan fingerprint density at radius 2 is 0.618 bits per heavy atom. The smallest absolute Gasteiger partial charge is 0.164 e. The first kappa shape index (κ1) is 39.2. The maximum absolute atomic E-state index is 5.37. The largest absolute Gasteiger partial charge is 0.307 e. The molecule has 0 bridgehead atoms. The van der Waals surface area contributed by atoms with Crippen LogP contribution in [0.3, 0.4) is 0 Å². The van der Waals surface area contributed by atoms with E-state index in [-0.39, 0.29) is 0 Å². The predicted octanol–water partition coefficient (Wildman–Crippen LogP) is 16.1. The molecule has 5 heteroatoms. The van der Waals surface area contributed by atoms with Gasteiger partial charge in [0.1, 0.15) is 0 Å². The van der Waals surface area contributed by atoms with Crippen LogP contribution < -0.4 is 0 Å². The van der Waals surface area contributed by atoms with Crippen molar-refractivity contribution >= 4 is 43.6 Å². The summed E-state index contributed by atoms with van der Waals surface area (Å²) in [6.45, 7) is 0. The van der Waals surface area contributed by atoms with Crippen LogP contribution in [0.15, 0.2) is 249 Å². The molecule has 0 saturated heterocycles. The van der Waals surface area contributed by atoms with Crippen molar-refractivity contribution in [2.75, 3.05) is 0 Å². The fourth-order valence-corrected chi connectivity index (χ4v) is 9.97. The van der Waals surface area contributed by atoms with E-state index in [1.165, 1.54) is 21.5 Å². The lowest BCUT2D eigenvalue weighted by atomic mass is 10.0. The first-order valence-electron chi connectivity index (χ1n) is 23.0. The molecule has 0 N–H and O–H groups in total. The standard InChI is InChI=1S/C63H41N5/c1-4-18-42(19-5-1)45-34-36-46(37-35-45)61-64-62(48-25-16-24-47(38-48)43-20-6-2-7-21-43)66-63(65-61)50-39-49(44-22-8-3-9-23-44)40-51(41-50)67-56-30-13-12-28-54(56)55-29-17-33-59(60(55)67)68-57-31-14-10-26-52(57)53-27-11-15-32-58(53)68/h1-41H. The van der Waals surface area contributed by atoms with E-state index in [0.29, 0.717) is 17.5 Å². The Balaban J connectivity index is 1.07. The molecule has 0 fully saturated rings. The first-order valence-corrected chi connectivity index (χ1v) is 23.0. The van der Waals surface area contributed by atoms with Gasteiger partial charge >= 0.3 is 0 Å². The van der Waals surface area contributed by atoms with E-state index in [0.717, 1.165) is 83.5 Å². The quantitative estimate of drug-likeness (QED) is 0.153. The highest BCUT2D eigenvalue weighted by Gasteiger charge is 2.22.